The predicted molar refractivity (Wildman–Crippen MR) is 78.6 cm³/mol. The molecule has 3 nitrogen and oxygen atoms in total. The van der Waals surface area contributed by atoms with Crippen molar-refractivity contribution in [2.24, 2.45) is 0 Å². The van der Waals surface area contributed by atoms with Crippen LogP contribution in [0, 0.1) is 27.7 Å². The van der Waals surface area contributed by atoms with Gasteiger partial charge in [-0.2, -0.15) is 0 Å². The number of carbonyl (C=O) groups is 1. The highest BCUT2D eigenvalue weighted by Crippen LogP contribution is 2.21. The SMILES string of the molecule is Cc1cc(C)c(C)c(CNCCCCC(=O)O)c1C. The number of nitrogens with one attached hydrogen (secondary N) is 1. The van der Waals surface area contributed by atoms with Crippen molar-refractivity contribution >= 4 is 5.97 Å². The monoisotopic (exact) mass is 263 g/mol. The Balaban J connectivity index is 2.47. The summed E-state index contributed by atoms with van der Waals surface area (Å²) in [7, 11) is 0. The summed E-state index contributed by atoms with van der Waals surface area (Å²) in [5, 5.41) is 12.0. The zero-order chi connectivity index (χ0) is 14.4. The van der Waals surface area contributed by atoms with Crippen LogP contribution in [-0.4, -0.2) is 17.6 Å². The number of hydrogen-bond acceptors (Lipinski definition) is 2. The van der Waals surface area contributed by atoms with Crippen LogP contribution >= 0.6 is 0 Å². The highest BCUT2D eigenvalue weighted by molar-refractivity contribution is 5.66. The van der Waals surface area contributed by atoms with Crippen LogP contribution in [0.25, 0.3) is 0 Å². The molecule has 106 valence electrons. The van der Waals surface area contributed by atoms with Gasteiger partial charge in [0.05, 0.1) is 0 Å². The third kappa shape index (κ3) is 4.67. The molecule has 0 aliphatic carbocycles. The van der Waals surface area contributed by atoms with Crippen molar-refractivity contribution in [1.29, 1.82) is 0 Å². The van der Waals surface area contributed by atoms with E-state index in [1.54, 1.807) is 0 Å². The maximum Gasteiger partial charge on any atom is 0.303 e. The topological polar surface area (TPSA) is 49.3 Å². The fraction of sp³-hybridized carbons (Fsp3) is 0.562. The Labute approximate surface area is 116 Å². The molecule has 1 rings (SSSR count). The van der Waals surface area contributed by atoms with E-state index < -0.39 is 5.97 Å². The molecule has 0 radical (unpaired) electrons. The van der Waals surface area contributed by atoms with Gasteiger partial charge in [-0.15, -0.1) is 0 Å². The number of benzene rings is 1. The minimum absolute atomic E-state index is 0.267. The van der Waals surface area contributed by atoms with Gasteiger partial charge in [-0.1, -0.05) is 6.07 Å². The van der Waals surface area contributed by atoms with Gasteiger partial charge in [0, 0.05) is 13.0 Å². The first kappa shape index (κ1) is 15.7. The summed E-state index contributed by atoms with van der Waals surface area (Å²) >= 11 is 0. The molecule has 0 atom stereocenters. The molecule has 0 amide bonds. The van der Waals surface area contributed by atoms with Crippen LogP contribution in [0.3, 0.4) is 0 Å². The van der Waals surface area contributed by atoms with Crippen LogP contribution in [0.5, 0.6) is 0 Å². The molecule has 3 heteroatoms. The highest BCUT2D eigenvalue weighted by atomic mass is 16.4. The number of hydrogen-bond donors (Lipinski definition) is 2. The van der Waals surface area contributed by atoms with E-state index in [9.17, 15) is 4.79 Å². The molecule has 2 N–H and O–H groups in total. The summed E-state index contributed by atoms with van der Waals surface area (Å²) in [6, 6.07) is 2.24. The maximum absolute atomic E-state index is 10.4. The summed E-state index contributed by atoms with van der Waals surface area (Å²) < 4.78 is 0. The molecule has 19 heavy (non-hydrogen) atoms. The Morgan fingerprint density at radius 1 is 1.11 bits per heavy atom. The van der Waals surface area contributed by atoms with Gasteiger partial charge in [0.25, 0.3) is 0 Å². The molecule has 0 saturated heterocycles. The molecule has 0 aromatic heterocycles. The molecule has 0 aliphatic heterocycles. The molecule has 0 aliphatic rings. The normalized spacial score (nSPS) is 10.7. The van der Waals surface area contributed by atoms with Crippen molar-refractivity contribution in [3.63, 3.8) is 0 Å². The van der Waals surface area contributed by atoms with E-state index in [4.69, 9.17) is 5.11 Å². The van der Waals surface area contributed by atoms with Crippen LogP contribution < -0.4 is 5.32 Å². The average molecular weight is 263 g/mol. The fourth-order valence-corrected chi connectivity index (χ4v) is 2.30. The van der Waals surface area contributed by atoms with Crippen molar-refractivity contribution in [3.05, 3.63) is 33.9 Å². The van der Waals surface area contributed by atoms with Crippen molar-refractivity contribution in [2.75, 3.05) is 6.54 Å². The van der Waals surface area contributed by atoms with E-state index in [1.807, 2.05) is 0 Å². The number of rotatable bonds is 7. The van der Waals surface area contributed by atoms with Gasteiger partial charge < -0.3 is 10.4 Å². The van der Waals surface area contributed by atoms with Crippen molar-refractivity contribution in [1.82, 2.24) is 5.32 Å². The molecular weight excluding hydrogens is 238 g/mol. The molecule has 0 unspecified atom stereocenters. The number of unbranched alkanes of at least 4 members (excludes halogenated alkanes) is 1. The third-order valence-corrected chi connectivity index (χ3v) is 3.82. The summed E-state index contributed by atoms with van der Waals surface area (Å²) in [4.78, 5) is 10.4. The lowest BCUT2D eigenvalue weighted by atomic mass is 9.94. The molecular formula is C16H25NO2. The van der Waals surface area contributed by atoms with E-state index in [0.717, 1.165) is 25.9 Å². The van der Waals surface area contributed by atoms with E-state index >= 15 is 0 Å². The Morgan fingerprint density at radius 3 is 2.21 bits per heavy atom. The van der Waals surface area contributed by atoms with Crippen LogP contribution in [-0.2, 0) is 11.3 Å². The van der Waals surface area contributed by atoms with Crippen molar-refractivity contribution in [2.45, 2.75) is 53.5 Å². The van der Waals surface area contributed by atoms with E-state index in [0.29, 0.717) is 0 Å². The second kappa shape index (κ2) is 7.29. The lowest BCUT2D eigenvalue weighted by molar-refractivity contribution is -0.137. The number of aliphatic carboxylic acids is 1. The molecule has 1 aromatic rings. The standard InChI is InChI=1S/C16H25NO2/c1-11-9-12(2)14(4)15(13(11)3)10-17-8-6-5-7-16(18)19/h9,17H,5-8,10H2,1-4H3,(H,18,19). The summed E-state index contributed by atoms with van der Waals surface area (Å²) in [6.45, 7) is 10.4. The summed E-state index contributed by atoms with van der Waals surface area (Å²) in [6.07, 6.45) is 1.92. The Kier molecular flexibility index (Phi) is 6.03. The Hall–Kier alpha value is -1.35. The van der Waals surface area contributed by atoms with Crippen LogP contribution in [0.15, 0.2) is 6.07 Å². The molecule has 0 fully saturated rings. The van der Waals surface area contributed by atoms with Crippen LogP contribution in [0.4, 0.5) is 0 Å². The number of carboxylic acids is 1. The quantitative estimate of drug-likeness (QED) is 0.742. The lowest BCUT2D eigenvalue weighted by Crippen LogP contribution is -2.17. The zero-order valence-corrected chi connectivity index (χ0v) is 12.5. The summed E-state index contributed by atoms with van der Waals surface area (Å²) in [5.74, 6) is -0.707. The first-order valence-corrected chi connectivity index (χ1v) is 6.92. The largest absolute Gasteiger partial charge is 0.481 e. The molecule has 0 heterocycles. The summed E-state index contributed by atoms with van der Waals surface area (Å²) in [5.41, 5.74) is 6.79. The Bertz CT molecular complexity index is 426. The third-order valence-electron chi connectivity index (χ3n) is 3.82. The van der Waals surface area contributed by atoms with Crippen molar-refractivity contribution in [3.8, 4) is 0 Å². The van der Waals surface area contributed by atoms with E-state index in [-0.39, 0.29) is 6.42 Å². The number of aryl methyl sites for hydroxylation is 2. The van der Waals surface area contributed by atoms with Gasteiger partial charge in [-0.25, -0.2) is 0 Å². The van der Waals surface area contributed by atoms with Gasteiger partial charge in [0.2, 0.25) is 0 Å². The number of carboxylic acid groups (broad SMARTS) is 1. The minimum atomic E-state index is -0.707. The minimum Gasteiger partial charge on any atom is -0.481 e. The zero-order valence-electron chi connectivity index (χ0n) is 12.5. The van der Waals surface area contributed by atoms with Crippen LogP contribution in [0.1, 0.15) is 47.1 Å². The van der Waals surface area contributed by atoms with Gasteiger partial charge in [0.1, 0.15) is 0 Å². The van der Waals surface area contributed by atoms with Gasteiger partial charge in [-0.05, 0) is 74.9 Å². The first-order chi connectivity index (χ1) is 8.93. The van der Waals surface area contributed by atoms with Gasteiger partial charge >= 0.3 is 5.97 Å². The van der Waals surface area contributed by atoms with E-state index in [2.05, 4.69) is 39.1 Å². The van der Waals surface area contributed by atoms with Crippen LogP contribution in [0.2, 0.25) is 0 Å². The highest BCUT2D eigenvalue weighted by Gasteiger charge is 2.07. The van der Waals surface area contributed by atoms with Gasteiger partial charge in [-0.3, -0.25) is 4.79 Å². The maximum atomic E-state index is 10.4. The molecule has 0 spiro atoms. The average Bonchev–Trinajstić information content (AvgIpc) is 2.34. The second-order valence-corrected chi connectivity index (χ2v) is 5.27. The molecule has 0 bridgehead atoms. The first-order valence-electron chi connectivity index (χ1n) is 6.92. The van der Waals surface area contributed by atoms with Crippen molar-refractivity contribution < 1.29 is 9.90 Å². The predicted octanol–water partition coefficient (Wildman–Crippen LogP) is 3.26. The molecule has 1 aromatic carbocycles. The lowest BCUT2D eigenvalue weighted by Gasteiger charge is -2.16. The smallest absolute Gasteiger partial charge is 0.303 e. The fourth-order valence-electron chi connectivity index (χ4n) is 2.30. The van der Waals surface area contributed by atoms with E-state index in [1.165, 1.54) is 27.8 Å². The van der Waals surface area contributed by atoms with Gasteiger partial charge in [0.15, 0.2) is 0 Å². The second-order valence-electron chi connectivity index (χ2n) is 5.27. The molecule has 0 saturated carbocycles. The Morgan fingerprint density at radius 2 is 1.68 bits per heavy atom.